The lowest BCUT2D eigenvalue weighted by atomic mass is 10.1. The van der Waals surface area contributed by atoms with Gasteiger partial charge < -0.3 is 5.32 Å². The molecule has 0 aliphatic rings. The van der Waals surface area contributed by atoms with Gasteiger partial charge in [-0.2, -0.15) is 0 Å². The van der Waals surface area contributed by atoms with E-state index >= 15 is 0 Å². The minimum atomic E-state index is -0.172. The second kappa shape index (κ2) is 5.63. The third-order valence-corrected chi connectivity index (χ3v) is 3.56. The summed E-state index contributed by atoms with van der Waals surface area (Å²) in [6.45, 7) is 0. The van der Waals surface area contributed by atoms with E-state index in [9.17, 15) is 4.79 Å². The maximum Gasteiger partial charge on any atom is 0.256 e. The van der Waals surface area contributed by atoms with Crippen molar-refractivity contribution in [1.82, 2.24) is 9.97 Å². The van der Waals surface area contributed by atoms with E-state index in [-0.39, 0.29) is 5.91 Å². The molecule has 0 aliphatic heterocycles. The molecule has 1 amide bonds. The molecule has 4 nitrogen and oxygen atoms in total. The average molecular weight is 281 g/mol. The molecule has 0 saturated heterocycles. The number of carbonyl (C=O) groups excluding carboxylic acids is 1. The fraction of sp³-hybridized carbons (Fsp3) is 0. The SMILES string of the molecule is O=C(Nc1ccccn1)c1ccc(-c2nccs2)cc1. The number of rotatable bonds is 3. The van der Waals surface area contributed by atoms with Gasteiger partial charge in [0.25, 0.3) is 5.91 Å². The first kappa shape index (κ1) is 12.5. The fourth-order valence-corrected chi connectivity index (χ4v) is 2.40. The molecule has 0 saturated carbocycles. The number of thiazole rings is 1. The van der Waals surface area contributed by atoms with Gasteiger partial charge in [-0.1, -0.05) is 18.2 Å². The van der Waals surface area contributed by atoms with Crippen LogP contribution in [0.3, 0.4) is 0 Å². The standard InChI is InChI=1S/C15H11N3OS/c19-14(18-13-3-1-2-8-16-13)11-4-6-12(7-5-11)15-17-9-10-20-15/h1-10H,(H,16,18,19). The Morgan fingerprint density at radius 3 is 2.50 bits per heavy atom. The molecule has 0 radical (unpaired) electrons. The van der Waals surface area contributed by atoms with Crippen LogP contribution in [-0.2, 0) is 0 Å². The van der Waals surface area contributed by atoms with Crippen molar-refractivity contribution in [2.24, 2.45) is 0 Å². The number of amides is 1. The number of aromatic nitrogens is 2. The molecule has 0 fully saturated rings. The summed E-state index contributed by atoms with van der Waals surface area (Å²) in [5, 5.41) is 5.62. The van der Waals surface area contributed by atoms with Crippen molar-refractivity contribution in [2.75, 3.05) is 5.32 Å². The Kier molecular flexibility index (Phi) is 3.52. The Balaban J connectivity index is 1.76. The van der Waals surface area contributed by atoms with E-state index in [0.29, 0.717) is 11.4 Å². The quantitative estimate of drug-likeness (QED) is 0.800. The maximum absolute atomic E-state index is 12.0. The van der Waals surface area contributed by atoms with Crippen LogP contribution in [0.4, 0.5) is 5.82 Å². The van der Waals surface area contributed by atoms with Crippen molar-refractivity contribution in [1.29, 1.82) is 0 Å². The van der Waals surface area contributed by atoms with Gasteiger partial charge in [0.05, 0.1) is 0 Å². The first-order chi connectivity index (χ1) is 9.83. The highest BCUT2D eigenvalue weighted by Crippen LogP contribution is 2.22. The summed E-state index contributed by atoms with van der Waals surface area (Å²) in [5.41, 5.74) is 1.60. The number of hydrogen-bond donors (Lipinski definition) is 1. The number of nitrogens with zero attached hydrogens (tertiary/aromatic N) is 2. The summed E-state index contributed by atoms with van der Waals surface area (Å²) in [5.74, 6) is 0.371. The second-order valence-electron chi connectivity index (χ2n) is 4.08. The monoisotopic (exact) mass is 281 g/mol. The topological polar surface area (TPSA) is 54.9 Å². The highest BCUT2D eigenvalue weighted by Gasteiger charge is 2.07. The zero-order valence-electron chi connectivity index (χ0n) is 10.5. The lowest BCUT2D eigenvalue weighted by Crippen LogP contribution is -2.12. The van der Waals surface area contributed by atoms with Crippen LogP contribution in [0, 0.1) is 0 Å². The summed E-state index contributed by atoms with van der Waals surface area (Å²) in [6.07, 6.45) is 3.41. The lowest BCUT2D eigenvalue weighted by molar-refractivity contribution is 0.102. The van der Waals surface area contributed by atoms with E-state index in [1.807, 2.05) is 23.6 Å². The second-order valence-corrected chi connectivity index (χ2v) is 4.98. The number of nitrogens with one attached hydrogen (secondary N) is 1. The van der Waals surface area contributed by atoms with Crippen molar-refractivity contribution in [2.45, 2.75) is 0 Å². The summed E-state index contributed by atoms with van der Waals surface area (Å²) in [4.78, 5) is 20.3. The van der Waals surface area contributed by atoms with Crippen LogP contribution in [0.1, 0.15) is 10.4 Å². The van der Waals surface area contributed by atoms with Gasteiger partial charge in [0.2, 0.25) is 0 Å². The predicted octanol–water partition coefficient (Wildman–Crippen LogP) is 3.46. The maximum atomic E-state index is 12.0. The van der Waals surface area contributed by atoms with Gasteiger partial charge in [-0.3, -0.25) is 4.79 Å². The molecular weight excluding hydrogens is 270 g/mol. The molecule has 3 aromatic rings. The molecule has 1 aromatic carbocycles. The molecule has 0 aliphatic carbocycles. The highest BCUT2D eigenvalue weighted by atomic mass is 32.1. The van der Waals surface area contributed by atoms with Gasteiger partial charge in [0, 0.05) is 28.9 Å². The first-order valence-electron chi connectivity index (χ1n) is 6.05. The van der Waals surface area contributed by atoms with Crippen molar-refractivity contribution < 1.29 is 4.79 Å². The zero-order chi connectivity index (χ0) is 13.8. The van der Waals surface area contributed by atoms with E-state index in [0.717, 1.165) is 10.6 Å². The van der Waals surface area contributed by atoms with E-state index in [1.54, 1.807) is 48.0 Å². The summed E-state index contributed by atoms with van der Waals surface area (Å²) in [7, 11) is 0. The zero-order valence-corrected chi connectivity index (χ0v) is 11.3. The van der Waals surface area contributed by atoms with E-state index in [4.69, 9.17) is 0 Å². The fourth-order valence-electron chi connectivity index (χ4n) is 1.76. The van der Waals surface area contributed by atoms with Crippen LogP contribution in [0.5, 0.6) is 0 Å². The molecule has 2 heterocycles. The van der Waals surface area contributed by atoms with Crippen LogP contribution in [0.2, 0.25) is 0 Å². The predicted molar refractivity (Wildman–Crippen MR) is 79.7 cm³/mol. The Morgan fingerprint density at radius 2 is 1.85 bits per heavy atom. The summed E-state index contributed by atoms with van der Waals surface area (Å²) in [6, 6.07) is 12.7. The Labute approximate surface area is 120 Å². The molecule has 1 N–H and O–H groups in total. The molecule has 98 valence electrons. The van der Waals surface area contributed by atoms with Gasteiger partial charge in [-0.25, -0.2) is 9.97 Å². The van der Waals surface area contributed by atoms with E-state index in [1.165, 1.54) is 0 Å². The smallest absolute Gasteiger partial charge is 0.256 e. The Morgan fingerprint density at radius 1 is 1.00 bits per heavy atom. The number of benzene rings is 1. The first-order valence-corrected chi connectivity index (χ1v) is 6.93. The van der Waals surface area contributed by atoms with Crippen molar-refractivity contribution in [3.8, 4) is 10.6 Å². The number of hydrogen-bond acceptors (Lipinski definition) is 4. The minimum Gasteiger partial charge on any atom is -0.307 e. The summed E-state index contributed by atoms with van der Waals surface area (Å²) >= 11 is 1.57. The van der Waals surface area contributed by atoms with Crippen LogP contribution in [0.15, 0.2) is 60.2 Å². The molecule has 3 rings (SSSR count). The molecule has 0 bridgehead atoms. The van der Waals surface area contributed by atoms with Crippen LogP contribution >= 0.6 is 11.3 Å². The number of carbonyl (C=O) groups is 1. The normalized spacial score (nSPS) is 10.2. The van der Waals surface area contributed by atoms with Crippen LogP contribution in [-0.4, -0.2) is 15.9 Å². The molecule has 2 aromatic heterocycles. The van der Waals surface area contributed by atoms with Gasteiger partial charge in [0.1, 0.15) is 10.8 Å². The van der Waals surface area contributed by atoms with E-state index in [2.05, 4.69) is 15.3 Å². The Bertz CT molecular complexity index is 694. The molecule has 0 spiro atoms. The van der Waals surface area contributed by atoms with Crippen molar-refractivity contribution in [3.05, 3.63) is 65.8 Å². The van der Waals surface area contributed by atoms with Gasteiger partial charge >= 0.3 is 0 Å². The van der Waals surface area contributed by atoms with Crippen LogP contribution in [0.25, 0.3) is 10.6 Å². The van der Waals surface area contributed by atoms with Crippen LogP contribution < -0.4 is 5.32 Å². The van der Waals surface area contributed by atoms with Gasteiger partial charge in [-0.15, -0.1) is 11.3 Å². The molecule has 0 unspecified atom stereocenters. The third kappa shape index (κ3) is 2.73. The Hall–Kier alpha value is -2.53. The molecular formula is C15H11N3OS. The molecule has 5 heteroatoms. The largest absolute Gasteiger partial charge is 0.307 e. The lowest BCUT2D eigenvalue weighted by Gasteiger charge is -2.04. The molecule has 0 atom stereocenters. The van der Waals surface area contributed by atoms with E-state index < -0.39 is 0 Å². The third-order valence-electron chi connectivity index (χ3n) is 2.73. The highest BCUT2D eigenvalue weighted by molar-refractivity contribution is 7.13. The number of pyridine rings is 1. The minimum absolute atomic E-state index is 0.172. The molecule has 20 heavy (non-hydrogen) atoms. The number of anilines is 1. The average Bonchev–Trinajstić information content (AvgIpc) is 3.03. The van der Waals surface area contributed by atoms with Gasteiger partial charge in [0.15, 0.2) is 0 Å². The van der Waals surface area contributed by atoms with Gasteiger partial charge in [-0.05, 0) is 24.3 Å². The van der Waals surface area contributed by atoms with Crippen molar-refractivity contribution in [3.63, 3.8) is 0 Å². The summed E-state index contributed by atoms with van der Waals surface area (Å²) < 4.78 is 0. The van der Waals surface area contributed by atoms with Crippen molar-refractivity contribution >= 4 is 23.1 Å².